The minimum absolute atomic E-state index is 0.291. The van der Waals surface area contributed by atoms with E-state index in [-0.39, 0.29) is 0 Å². The Morgan fingerprint density at radius 3 is 2.50 bits per heavy atom. The van der Waals surface area contributed by atoms with E-state index in [2.05, 4.69) is 9.97 Å². The molecule has 0 spiro atoms. The lowest BCUT2D eigenvalue weighted by atomic mass is 10.1. The highest BCUT2D eigenvalue weighted by atomic mass is 32.1. The van der Waals surface area contributed by atoms with Crippen LogP contribution < -0.4 is 10.6 Å². The maximum atomic E-state index is 12.8. The highest BCUT2D eigenvalue weighted by Crippen LogP contribution is 2.23. The lowest BCUT2D eigenvalue weighted by Gasteiger charge is -2.19. The van der Waals surface area contributed by atoms with E-state index in [1.807, 2.05) is 24.3 Å². The number of rotatable bonds is 3. The molecule has 0 atom stereocenters. The fourth-order valence-electron chi connectivity index (χ4n) is 1.56. The van der Waals surface area contributed by atoms with Crippen LogP contribution in [0.4, 0.5) is 16.0 Å². The number of thiocarbonyl (C=S) groups is 1. The summed E-state index contributed by atoms with van der Waals surface area (Å²) in [6, 6.07) is 7.37. The molecule has 0 aliphatic heterocycles. The number of aromatic nitrogens is 2. The molecule has 0 bridgehead atoms. The molecule has 92 valence electrons. The standard InChI is InChI=1S/C12H11FN4S/c1-17(12-15-6-8(13)7-16-12)10-5-3-2-4-9(10)11(14)18/h2-7H,1H3,(H2,14,18). The van der Waals surface area contributed by atoms with Gasteiger partial charge in [0, 0.05) is 12.6 Å². The minimum atomic E-state index is -0.477. The molecule has 1 aromatic carbocycles. The number of hydrogen-bond acceptors (Lipinski definition) is 4. The number of nitrogens with two attached hydrogens (primary N) is 1. The summed E-state index contributed by atoms with van der Waals surface area (Å²) in [7, 11) is 1.77. The van der Waals surface area contributed by atoms with Crippen molar-refractivity contribution in [2.45, 2.75) is 0 Å². The van der Waals surface area contributed by atoms with E-state index in [1.54, 1.807) is 11.9 Å². The van der Waals surface area contributed by atoms with Crippen LogP contribution in [0.2, 0.25) is 0 Å². The molecule has 6 heteroatoms. The summed E-state index contributed by atoms with van der Waals surface area (Å²) < 4.78 is 12.8. The van der Waals surface area contributed by atoms with Crippen LogP contribution in [0.15, 0.2) is 36.7 Å². The zero-order valence-corrected chi connectivity index (χ0v) is 10.5. The lowest BCUT2D eigenvalue weighted by Crippen LogP contribution is -2.19. The van der Waals surface area contributed by atoms with E-state index in [9.17, 15) is 4.39 Å². The van der Waals surface area contributed by atoms with Gasteiger partial charge in [0.05, 0.1) is 18.1 Å². The van der Waals surface area contributed by atoms with Gasteiger partial charge in [-0.3, -0.25) is 0 Å². The first-order chi connectivity index (χ1) is 8.59. The molecule has 0 fully saturated rings. The third kappa shape index (κ3) is 2.43. The van der Waals surface area contributed by atoms with Crippen LogP contribution in [-0.2, 0) is 0 Å². The summed E-state index contributed by atoms with van der Waals surface area (Å²) in [5.74, 6) is -0.102. The average molecular weight is 262 g/mol. The van der Waals surface area contributed by atoms with Crippen molar-refractivity contribution in [2.24, 2.45) is 5.73 Å². The van der Waals surface area contributed by atoms with Gasteiger partial charge in [-0.2, -0.15) is 0 Å². The fourth-order valence-corrected chi connectivity index (χ4v) is 1.73. The number of halogens is 1. The number of anilines is 2. The first kappa shape index (κ1) is 12.4. The Kier molecular flexibility index (Phi) is 3.47. The van der Waals surface area contributed by atoms with E-state index in [0.29, 0.717) is 10.9 Å². The van der Waals surface area contributed by atoms with Gasteiger partial charge in [0.25, 0.3) is 0 Å². The Bertz CT molecular complexity index is 571. The second-order valence-corrected chi connectivity index (χ2v) is 4.08. The molecule has 2 N–H and O–H groups in total. The van der Waals surface area contributed by atoms with E-state index >= 15 is 0 Å². The topological polar surface area (TPSA) is 55.0 Å². The number of hydrogen-bond donors (Lipinski definition) is 1. The molecule has 1 aromatic heterocycles. The lowest BCUT2D eigenvalue weighted by molar-refractivity contribution is 0.613. The van der Waals surface area contributed by atoms with E-state index in [0.717, 1.165) is 23.6 Å². The van der Waals surface area contributed by atoms with Gasteiger partial charge in [-0.25, -0.2) is 14.4 Å². The largest absolute Gasteiger partial charge is 0.389 e. The quantitative estimate of drug-likeness (QED) is 0.858. The van der Waals surface area contributed by atoms with Crippen molar-refractivity contribution in [1.29, 1.82) is 0 Å². The third-order valence-electron chi connectivity index (χ3n) is 2.44. The van der Waals surface area contributed by atoms with Gasteiger partial charge in [0.15, 0.2) is 5.82 Å². The molecule has 0 saturated heterocycles. The molecule has 2 aromatic rings. The van der Waals surface area contributed by atoms with Crippen molar-refractivity contribution in [3.8, 4) is 0 Å². The summed E-state index contributed by atoms with van der Waals surface area (Å²) in [4.78, 5) is 9.82. The highest BCUT2D eigenvalue weighted by Gasteiger charge is 2.12. The van der Waals surface area contributed by atoms with Crippen LogP contribution in [-0.4, -0.2) is 22.0 Å². The van der Waals surface area contributed by atoms with Crippen LogP contribution in [0.5, 0.6) is 0 Å². The highest BCUT2D eigenvalue weighted by molar-refractivity contribution is 7.80. The summed E-state index contributed by atoms with van der Waals surface area (Å²) in [6.45, 7) is 0. The smallest absolute Gasteiger partial charge is 0.229 e. The van der Waals surface area contributed by atoms with E-state index in [1.165, 1.54) is 0 Å². The predicted molar refractivity (Wildman–Crippen MR) is 72.4 cm³/mol. The maximum Gasteiger partial charge on any atom is 0.229 e. The molecule has 1 heterocycles. The van der Waals surface area contributed by atoms with E-state index in [4.69, 9.17) is 18.0 Å². The third-order valence-corrected chi connectivity index (χ3v) is 2.66. The Hall–Kier alpha value is -2.08. The van der Waals surface area contributed by atoms with E-state index < -0.39 is 5.82 Å². The van der Waals surface area contributed by atoms with Crippen LogP contribution in [0.3, 0.4) is 0 Å². The van der Waals surface area contributed by atoms with Crippen molar-refractivity contribution in [3.63, 3.8) is 0 Å². The van der Waals surface area contributed by atoms with Crippen LogP contribution >= 0.6 is 12.2 Å². The molecule has 0 unspecified atom stereocenters. The Balaban J connectivity index is 2.42. The van der Waals surface area contributed by atoms with Crippen molar-refractivity contribution in [3.05, 3.63) is 48.0 Å². The maximum absolute atomic E-state index is 12.8. The normalized spacial score (nSPS) is 10.1. The molecule has 0 saturated carbocycles. The second kappa shape index (κ2) is 5.05. The van der Waals surface area contributed by atoms with Gasteiger partial charge in [0.1, 0.15) is 4.99 Å². The summed E-state index contributed by atoms with van der Waals surface area (Å²) in [5.41, 5.74) is 7.16. The molecule has 0 aliphatic carbocycles. The number of para-hydroxylation sites is 1. The number of benzene rings is 1. The molecule has 0 amide bonds. The zero-order valence-electron chi connectivity index (χ0n) is 9.67. The summed E-state index contributed by atoms with van der Waals surface area (Å²) in [5, 5.41) is 0. The molecular formula is C12H11FN4S. The Labute approximate surface area is 109 Å². The van der Waals surface area contributed by atoms with Gasteiger partial charge in [0.2, 0.25) is 5.95 Å². The summed E-state index contributed by atoms with van der Waals surface area (Å²) in [6.07, 6.45) is 2.23. The zero-order chi connectivity index (χ0) is 13.1. The van der Waals surface area contributed by atoms with Gasteiger partial charge in [-0.05, 0) is 12.1 Å². The Morgan fingerprint density at radius 1 is 1.28 bits per heavy atom. The fraction of sp³-hybridized carbons (Fsp3) is 0.0833. The molecular weight excluding hydrogens is 251 g/mol. The first-order valence-corrected chi connectivity index (χ1v) is 5.60. The minimum Gasteiger partial charge on any atom is -0.389 e. The van der Waals surface area contributed by atoms with Crippen LogP contribution in [0, 0.1) is 5.82 Å². The predicted octanol–water partition coefficient (Wildman–Crippen LogP) is 2.02. The van der Waals surface area contributed by atoms with Crippen molar-refractivity contribution in [1.82, 2.24) is 9.97 Å². The number of nitrogens with zero attached hydrogens (tertiary/aromatic N) is 3. The van der Waals surface area contributed by atoms with Crippen molar-refractivity contribution in [2.75, 3.05) is 11.9 Å². The Morgan fingerprint density at radius 2 is 1.89 bits per heavy atom. The monoisotopic (exact) mass is 262 g/mol. The van der Waals surface area contributed by atoms with Crippen molar-refractivity contribution < 1.29 is 4.39 Å². The second-order valence-electron chi connectivity index (χ2n) is 3.64. The van der Waals surface area contributed by atoms with Gasteiger partial charge < -0.3 is 10.6 Å². The van der Waals surface area contributed by atoms with Gasteiger partial charge in [-0.1, -0.05) is 24.4 Å². The molecule has 0 aliphatic rings. The summed E-state index contributed by atoms with van der Waals surface area (Å²) >= 11 is 4.99. The van der Waals surface area contributed by atoms with Crippen LogP contribution in [0.1, 0.15) is 5.56 Å². The SMILES string of the molecule is CN(c1ncc(F)cn1)c1ccccc1C(N)=S. The molecule has 18 heavy (non-hydrogen) atoms. The molecule has 4 nitrogen and oxygen atoms in total. The van der Waals surface area contributed by atoms with Gasteiger partial charge >= 0.3 is 0 Å². The molecule has 2 rings (SSSR count). The first-order valence-electron chi connectivity index (χ1n) is 5.19. The van der Waals surface area contributed by atoms with Crippen LogP contribution in [0.25, 0.3) is 0 Å². The average Bonchev–Trinajstić information content (AvgIpc) is 2.39. The van der Waals surface area contributed by atoms with Crippen molar-refractivity contribution >= 4 is 28.8 Å². The molecule has 0 radical (unpaired) electrons. The van der Waals surface area contributed by atoms with Gasteiger partial charge in [-0.15, -0.1) is 0 Å².